The van der Waals surface area contributed by atoms with E-state index in [0.29, 0.717) is 23.5 Å². The number of amides is 2. The Morgan fingerprint density at radius 3 is 2.72 bits per heavy atom. The molecule has 2 aromatic carbocycles. The van der Waals surface area contributed by atoms with E-state index in [1.54, 1.807) is 19.3 Å². The summed E-state index contributed by atoms with van der Waals surface area (Å²) in [5, 5.41) is 4.88. The lowest BCUT2D eigenvalue weighted by molar-refractivity contribution is -0.148. The minimum atomic E-state index is -0.463. The number of esters is 1. The highest BCUT2D eigenvalue weighted by atomic mass is 35.5. The number of nitrogens with zero attached hydrogens (tertiary/aromatic N) is 3. The first kappa shape index (κ1) is 37.4. The molecule has 3 N–H and O–H groups in total. The molecule has 1 aliphatic heterocycles. The van der Waals surface area contributed by atoms with Crippen LogP contribution >= 0.6 is 23.5 Å². The van der Waals surface area contributed by atoms with Gasteiger partial charge in [0.1, 0.15) is 17.4 Å². The van der Waals surface area contributed by atoms with Crippen molar-refractivity contribution in [3.05, 3.63) is 69.9 Å². The maximum Gasteiger partial charge on any atom is 0.302 e. The summed E-state index contributed by atoms with van der Waals surface area (Å²) >= 11 is 7.67. The lowest BCUT2D eigenvalue weighted by atomic mass is 9.70. The van der Waals surface area contributed by atoms with E-state index in [-0.39, 0.29) is 35.2 Å². The van der Waals surface area contributed by atoms with Crippen LogP contribution in [0.25, 0.3) is 0 Å². The molecule has 3 aromatic rings. The first-order chi connectivity index (χ1) is 24.0. The van der Waals surface area contributed by atoms with E-state index in [1.807, 2.05) is 25.1 Å². The molecular weight excluding hydrogens is 678 g/mol. The third-order valence-corrected chi connectivity index (χ3v) is 10.9. The molecule has 0 saturated carbocycles. The molecule has 5 rings (SSSR count). The number of nitrogens with two attached hydrogens (primary N) is 1. The number of carbonyl (C=O) groups is 3. The number of anilines is 1. The van der Waals surface area contributed by atoms with Crippen LogP contribution in [0.1, 0.15) is 90.6 Å². The van der Waals surface area contributed by atoms with Gasteiger partial charge < -0.3 is 24.8 Å². The molecular formula is C37H48ClN5O6S. The Morgan fingerprint density at radius 1 is 1.16 bits per heavy atom. The van der Waals surface area contributed by atoms with Gasteiger partial charge in [-0.3, -0.25) is 23.8 Å². The van der Waals surface area contributed by atoms with Crippen molar-refractivity contribution in [1.82, 2.24) is 14.5 Å². The number of hydrogen-bond acceptors (Lipinski definition) is 9. The lowest BCUT2D eigenvalue weighted by Gasteiger charge is -2.41. The normalized spacial score (nSPS) is 17.9. The van der Waals surface area contributed by atoms with Crippen LogP contribution in [0.2, 0.25) is 5.02 Å². The number of benzene rings is 2. The van der Waals surface area contributed by atoms with Crippen molar-refractivity contribution < 1.29 is 28.6 Å². The number of hydrogen-bond donors (Lipinski definition) is 2. The molecule has 2 amide bonds. The molecule has 1 unspecified atom stereocenters. The van der Waals surface area contributed by atoms with Crippen LogP contribution in [0.15, 0.2) is 42.6 Å². The number of methoxy groups -OCH3 is 1. The van der Waals surface area contributed by atoms with E-state index in [0.717, 1.165) is 80.9 Å². The van der Waals surface area contributed by atoms with Crippen LogP contribution < -0.4 is 24.8 Å². The van der Waals surface area contributed by atoms with Gasteiger partial charge in [0.15, 0.2) is 0 Å². The van der Waals surface area contributed by atoms with Crippen LogP contribution in [-0.4, -0.2) is 66.2 Å². The molecule has 0 fully saturated rings. The molecule has 1 aliphatic carbocycles. The topological polar surface area (TPSA) is 138 Å². The number of ether oxygens (including phenoxy) is 3. The highest BCUT2D eigenvalue weighted by Crippen LogP contribution is 2.44. The molecule has 2 heterocycles. The summed E-state index contributed by atoms with van der Waals surface area (Å²) in [5.41, 5.74) is 9.78. The van der Waals surface area contributed by atoms with Crippen LogP contribution in [-0.2, 0) is 28.4 Å². The molecule has 0 bridgehead atoms. The fourth-order valence-corrected chi connectivity index (χ4v) is 8.15. The van der Waals surface area contributed by atoms with Crippen molar-refractivity contribution in [2.24, 2.45) is 18.7 Å². The number of unbranched alkanes of at least 4 members (excludes halogenated alkanes) is 3. The molecule has 50 heavy (non-hydrogen) atoms. The zero-order chi connectivity index (χ0) is 35.8. The molecule has 0 radical (unpaired) electrons. The van der Waals surface area contributed by atoms with E-state index >= 15 is 0 Å². The number of fused-ring (bicyclic) bond motifs is 3. The average Bonchev–Trinajstić information content (AvgIpc) is 3.40. The minimum Gasteiger partial charge on any atom is -0.490 e. The summed E-state index contributed by atoms with van der Waals surface area (Å²) in [4.78, 5) is 39.1. The van der Waals surface area contributed by atoms with Gasteiger partial charge in [-0.25, -0.2) is 0 Å². The minimum absolute atomic E-state index is 0.0255. The predicted molar refractivity (Wildman–Crippen MR) is 196 cm³/mol. The quantitative estimate of drug-likeness (QED) is 0.106. The van der Waals surface area contributed by atoms with Gasteiger partial charge >= 0.3 is 5.97 Å². The second-order valence-electron chi connectivity index (χ2n) is 13.5. The zero-order valence-electron chi connectivity index (χ0n) is 29.3. The fourth-order valence-electron chi connectivity index (χ4n) is 7.15. The van der Waals surface area contributed by atoms with Crippen molar-refractivity contribution >= 4 is 47.0 Å². The summed E-state index contributed by atoms with van der Waals surface area (Å²) in [6.07, 6.45) is 8.94. The summed E-state index contributed by atoms with van der Waals surface area (Å²) in [6, 6.07) is 11.7. The Balaban J connectivity index is 1.17. The predicted octanol–water partition coefficient (Wildman–Crippen LogP) is 6.25. The van der Waals surface area contributed by atoms with Crippen LogP contribution in [0.3, 0.4) is 0 Å². The maximum atomic E-state index is 12.7. The molecule has 1 spiro atoms. The number of aromatic nitrogens is 2. The number of nitrogens with one attached hydrogen (secondary N) is 1. The average molecular weight is 726 g/mol. The van der Waals surface area contributed by atoms with Crippen molar-refractivity contribution in [2.75, 3.05) is 37.5 Å². The Morgan fingerprint density at radius 2 is 1.96 bits per heavy atom. The summed E-state index contributed by atoms with van der Waals surface area (Å²) in [5.74, 6) is 0.572. The first-order valence-corrected chi connectivity index (χ1v) is 18.6. The highest BCUT2D eigenvalue weighted by molar-refractivity contribution is 7.97. The first-order valence-electron chi connectivity index (χ1n) is 17.3. The van der Waals surface area contributed by atoms with Gasteiger partial charge in [0.05, 0.1) is 19.4 Å². The van der Waals surface area contributed by atoms with E-state index in [1.165, 1.54) is 41.8 Å². The van der Waals surface area contributed by atoms with Crippen molar-refractivity contribution in [3.8, 4) is 11.6 Å². The summed E-state index contributed by atoms with van der Waals surface area (Å²) in [7, 11) is 3.20. The number of primary amides is 1. The third kappa shape index (κ3) is 9.06. The zero-order valence-corrected chi connectivity index (χ0v) is 30.9. The molecule has 11 nitrogen and oxygen atoms in total. The number of aryl methyl sites for hydroxylation is 2. The highest BCUT2D eigenvalue weighted by Gasteiger charge is 2.41. The lowest BCUT2D eigenvalue weighted by Crippen LogP contribution is -2.46. The number of halogens is 1. The Kier molecular flexibility index (Phi) is 12.6. The van der Waals surface area contributed by atoms with E-state index in [2.05, 4.69) is 26.9 Å². The molecule has 0 saturated heterocycles. The molecule has 1 aromatic heterocycles. The fraction of sp³-hybridized carbons (Fsp3) is 0.514. The van der Waals surface area contributed by atoms with E-state index in [4.69, 9.17) is 31.5 Å². The van der Waals surface area contributed by atoms with E-state index < -0.39 is 5.91 Å². The molecule has 270 valence electrons. The second-order valence-corrected chi connectivity index (χ2v) is 14.8. The number of rotatable bonds is 15. The van der Waals surface area contributed by atoms with Crippen LogP contribution in [0, 0.1) is 5.92 Å². The van der Waals surface area contributed by atoms with Crippen molar-refractivity contribution in [1.29, 1.82) is 0 Å². The smallest absolute Gasteiger partial charge is 0.302 e. The Labute approximate surface area is 303 Å². The summed E-state index contributed by atoms with van der Waals surface area (Å²) in [6.45, 7) is 5.58. The number of carbonyl (C=O) groups excluding carboxylic acids is 3. The van der Waals surface area contributed by atoms with Gasteiger partial charge in [0, 0.05) is 60.9 Å². The Bertz CT molecular complexity index is 1680. The van der Waals surface area contributed by atoms with Gasteiger partial charge in [-0.2, -0.15) is 0 Å². The van der Waals surface area contributed by atoms with E-state index in [9.17, 15) is 14.4 Å². The van der Waals surface area contributed by atoms with Crippen molar-refractivity contribution in [3.63, 3.8) is 0 Å². The van der Waals surface area contributed by atoms with Gasteiger partial charge in [-0.15, -0.1) is 5.10 Å². The summed E-state index contributed by atoms with van der Waals surface area (Å²) < 4.78 is 21.8. The Hall–Kier alpha value is -3.90. The molecule has 3 atom stereocenters. The van der Waals surface area contributed by atoms with Crippen LogP contribution in [0.4, 0.5) is 5.69 Å². The van der Waals surface area contributed by atoms with Gasteiger partial charge in [0.25, 0.3) is 5.91 Å². The standard InChI is InChI=1S/C37H48ClN5O6S/c1-24(21-50-41-35(46)29-20-42(3)40-36(29)47-4)32(49-25(2)44)11-7-5-6-8-17-43-22-37(16-9-10-26-18-28(38)13-14-30(26)37)23-48-33-15-12-27(34(39)45)19-31(33)43/h12-15,18-20,24,32H,5-11,16-17,21-23H2,1-4H3,(H2,39,45)(H,41,46)/t24-,32?,37+/m1/s1. The molecule has 2 aliphatic rings. The second kappa shape index (κ2) is 16.9. The largest absolute Gasteiger partial charge is 0.490 e. The third-order valence-electron chi connectivity index (χ3n) is 9.68. The van der Waals surface area contributed by atoms with Gasteiger partial charge in [0.2, 0.25) is 11.8 Å². The molecule has 13 heteroatoms. The van der Waals surface area contributed by atoms with Gasteiger partial charge in [-0.1, -0.05) is 37.4 Å². The van der Waals surface area contributed by atoms with Crippen molar-refractivity contribution in [2.45, 2.75) is 76.7 Å². The maximum absolute atomic E-state index is 12.7. The van der Waals surface area contributed by atoms with Crippen LogP contribution in [0.5, 0.6) is 11.6 Å². The van der Waals surface area contributed by atoms with Gasteiger partial charge in [-0.05, 0) is 91.9 Å². The SMILES string of the molecule is COc1nn(C)cc1C(=O)NSC[C@@H](C)C(CCCCCCN1C[C@@]2(CCCc3cc(Cl)ccc32)COc2ccc(C(N)=O)cc21)OC(C)=O. The monoisotopic (exact) mass is 725 g/mol.